The maximum atomic E-state index is 11.1. The zero-order valence-corrected chi connectivity index (χ0v) is 11.0. The molecule has 7 heteroatoms. The summed E-state index contributed by atoms with van der Waals surface area (Å²) < 4.78 is 0. The fraction of sp³-hybridized carbons (Fsp3) is 0.462. The number of nitro groups is 1. The minimum absolute atomic E-state index is 0.258. The molecule has 1 aliphatic rings. The number of rotatable bonds is 6. The second-order valence-corrected chi connectivity index (χ2v) is 4.74. The van der Waals surface area contributed by atoms with Crippen LogP contribution in [0, 0.1) is 10.1 Å². The van der Waals surface area contributed by atoms with Gasteiger partial charge in [-0.25, -0.2) is 4.79 Å². The van der Waals surface area contributed by atoms with Crippen molar-refractivity contribution in [3.05, 3.63) is 33.9 Å². The molecule has 0 spiro atoms. The first-order valence-corrected chi connectivity index (χ1v) is 6.56. The van der Waals surface area contributed by atoms with Crippen LogP contribution in [0.15, 0.2) is 18.2 Å². The molecule has 1 aromatic carbocycles. The number of benzene rings is 1. The molecule has 0 unspecified atom stereocenters. The van der Waals surface area contributed by atoms with E-state index in [0.717, 1.165) is 19.6 Å². The van der Waals surface area contributed by atoms with Gasteiger partial charge >= 0.3 is 11.7 Å². The lowest BCUT2D eigenvalue weighted by atomic mass is 10.1. The topological polar surface area (TPSA) is 95.7 Å². The minimum atomic E-state index is -1.29. The molecule has 1 heterocycles. The summed E-state index contributed by atoms with van der Waals surface area (Å²) in [5, 5.41) is 23.0. The lowest BCUT2D eigenvalue weighted by molar-refractivity contribution is -0.384. The predicted octanol–water partition coefficient (Wildman–Crippen LogP) is 1.80. The monoisotopic (exact) mass is 279 g/mol. The largest absolute Gasteiger partial charge is 0.477 e. The molecule has 20 heavy (non-hydrogen) atoms. The van der Waals surface area contributed by atoms with Crippen LogP contribution in [-0.4, -0.2) is 47.1 Å². The van der Waals surface area contributed by atoms with Crippen LogP contribution in [0.2, 0.25) is 0 Å². The molecule has 7 nitrogen and oxygen atoms in total. The number of para-hydroxylation sites is 1. The summed E-state index contributed by atoms with van der Waals surface area (Å²) >= 11 is 0. The maximum absolute atomic E-state index is 11.1. The van der Waals surface area contributed by atoms with E-state index >= 15 is 0 Å². The van der Waals surface area contributed by atoms with E-state index in [2.05, 4.69) is 10.2 Å². The number of carbonyl (C=O) groups is 1. The Morgan fingerprint density at radius 2 is 2.10 bits per heavy atom. The summed E-state index contributed by atoms with van der Waals surface area (Å²) in [5.74, 6) is -1.29. The van der Waals surface area contributed by atoms with Crippen molar-refractivity contribution in [3.63, 3.8) is 0 Å². The van der Waals surface area contributed by atoms with Crippen molar-refractivity contribution in [2.45, 2.75) is 12.8 Å². The van der Waals surface area contributed by atoms with Crippen molar-refractivity contribution in [1.82, 2.24) is 4.90 Å². The van der Waals surface area contributed by atoms with Crippen LogP contribution in [0.4, 0.5) is 11.4 Å². The Balaban J connectivity index is 2.08. The van der Waals surface area contributed by atoms with Gasteiger partial charge in [-0.15, -0.1) is 0 Å². The molecule has 1 aromatic rings. The lowest BCUT2D eigenvalue weighted by Crippen LogP contribution is -2.26. The smallest absolute Gasteiger partial charge is 0.342 e. The summed E-state index contributed by atoms with van der Waals surface area (Å²) in [7, 11) is 0. The number of hydrogen-bond acceptors (Lipinski definition) is 5. The fourth-order valence-electron chi connectivity index (χ4n) is 2.41. The highest BCUT2D eigenvalue weighted by Gasteiger charge is 2.24. The van der Waals surface area contributed by atoms with E-state index in [1.807, 2.05) is 0 Å². The van der Waals surface area contributed by atoms with Gasteiger partial charge in [0.1, 0.15) is 11.3 Å². The maximum Gasteiger partial charge on any atom is 0.342 e. The van der Waals surface area contributed by atoms with Crippen LogP contribution in [-0.2, 0) is 0 Å². The van der Waals surface area contributed by atoms with Crippen molar-refractivity contribution in [1.29, 1.82) is 0 Å². The predicted molar refractivity (Wildman–Crippen MR) is 74.2 cm³/mol. The van der Waals surface area contributed by atoms with Gasteiger partial charge in [0.2, 0.25) is 0 Å². The number of likely N-dealkylation sites (tertiary alicyclic amines) is 1. The zero-order chi connectivity index (χ0) is 14.5. The summed E-state index contributed by atoms with van der Waals surface area (Å²) in [6.45, 7) is 3.47. The number of anilines is 1. The van der Waals surface area contributed by atoms with E-state index in [-0.39, 0.29) is 16.9 Å². The van der Waals surface area contributed by atoms with Gasteiger partial charge in [-0.05, 0) is 38.1 Å². The van der Waals surface area contributed by atoms with Gasteiger partial charge in [-0.1, -0.05) is 6.07 Å². The van der Waals surface area contributed by atoms with Crippen LogP contribution >= 0.6 is 0 Å². The van der Waals surface area contributed by atoms with Gasteiger partial charge in [-0.2, -0.15) is 0 Å². The van der Waals surface area contributed by atoms with Crippen molar-refractivity contribution in [3.8, 4) is 0 Å². The quantitative estimate of drug-likeness (QED) is 0.609. The Morgan fingerprint density at radius 3 is 2.70 bits per heavy atom. The standard InChI is InChI=1S/C13H17N3O4/c17-13(18)10-4-3-5-11(12(10)16(19)20)14-6-9-15-7-1-2-8-15/h3-5,14H,1-2,6-9H2,(H,17,18). The van der Waals surface area contributed by atoms with Gasteiger partial charge in [-0.3, -0.25) is 10.1 Å². The van der Waals surface area contributed by atoms with E-state index in [1.54, 1.807) is 0 Å². The van der Waals surface area contributed by atoms with Crippen molar-refractivity contribution < 1.29 is 14.8 Å². The average Bonchev–Trinajstić information content (AvgIpc) is 2.91. The summed E-state index contributed by atoms with van der Waals surface area (Å²) in [6, 6.07) is 4.29. The zero-order valence-electron chi connectivity index (χ0n) is 11.0. The second kappa shape index (κ2) is 6.33. The third-order valence-corrected chi connectivity index (χ3v) is 3.39. The molecule has 2 rings (SSSR count). The third-order valence-electron chi connectivity index (χ3n) is 3.39. The molecule has 108 valence electrons. The average molecular weight is 279 g/mol. The van der Waals surface area contributed by atoms with Gasteiger partial charge in [0, 0.05) is 13.1 Å². The Bertz CT molecular complexity index is 512. The normalized spacial score (nSPS) is 15.2. The third kappa shape index (κ3) is 3.24. The summed E-state index contributed by atoms with van der Waals surface area (Å²) in [5.41, 5.74) is -0.406. The molecule has 0 atom stereocenters. The summed E-state index contributed by atoms with van der Waals surface area (Å²) in [6.07, 6.45) is 2.38. The molecular weight excluding hydrogens is 262 g/mol. The number of nitrogens with zero attached hydrogens (tertiary/aromatic N) is 2. The molecule has 1 aliphatic heterocycles. The Kier molecular flexibility index (Phi) is 4.52. The number of nitrogens with one attached hydrogen (secondary N) is 1. The van der Waals surface area contributed by atoms with Crippen LogP contribution in [0.25, 0.3) is 0 Å². The van der Waals surface area contributed by atoms with Gasteiger partial charge in [0.05, 0.1) is 4.92 Å². The first-order valence-electron chi connectivity index (χ1n) is 6.56. The first-order chi connectivity index (χ1) is 9.59. The van der Waals surface area contributed by atoms with Crippen molar-refractivity contribution in [2.75, 3.05) is 31.5 Å². The van der Waals surface area contributed by atoms with Crippen molar-refractivity contribution in [2.24, 2.45) is 0 Å². The van der Waals surface area contributed by atoms with E-state index in [4.69, 9.17) is 5.11 Å². The van der Waals surface area contributed by atoms with Gasteiger partial charge in [0.25, 0.3) is 0 Å². The van der Waals surface area contributed by atoms with E-state index in [0.29, 0.717) is 6.54 Å². The minimum Gasteiger partial charge on any atom is -0.477 e. The molecule has 1 saturated heterocycles. The highest BCUT2D eigenvalue weighted by molar-refractivity contribution is 5.95. The molecule has 0 saturated carbocycles. The molecule has 0 amide bonds. The van der Waals surface area contributed by atoms with Gasteiger partial charge in [0.15, 0.2) is 0 Å². The van der Waals surface area contributed by atoms with Gasteiger partial charge < -0.3 is 15.3 Å². The SMILES string of the molecule is O=C(O)c1cccc(NCCN2CCCC2)c1[N+](=O)[O-]. The van der Waals surface area contributed by atoms with E-state index in [9.17, 15) is 14.9 Å². The van der Waals surface area contributed by atoms with Crippen molar-refractivity contribution >= 4 is 17.3 Å². The number of hydrogen-bond donors (Lipinski definition) is 2. The molecular formula is C13H17N3O4. The van der Waals surface area contributed by atoms with Crippen LogP contribution in [0.3, 0.4) is 0 Å². The Morgan fingerprint density at radius 1 is 1.40 bits per heavy atom. The number of carboxylic acid groups (broad SMARTS) is 1. The number of aromatic carboxylic acids is 1. The highest BCUT2D eigenvalue weighted by Crippen LogP contribution is 2.28. The molecule has 2 N–H and O–H groups in total. The summed E-state index contributed by atoms with van der Waals surface area (Å²) in [4.78, 5) is 23.7. The van der Waals surface area contributed by atoms with E-state index in [1.165, 1.54) is 31.0 Å². The van der Waals surface area contributed by atoms with Crippen LogP contribution in [0.5, 0.6) is 0 Å². The number of carboxylic acids is 1. The molecule has 0 radical (unpaired) electrons. The lowest BCUT2D eigenvalue weighted by Gasteiger charge is -2.15. The van der Waals surface area contributed by atoms with E-state index < -0.39 is 10.9 Å². The molecule has 0 aromatic heterocycles. The van der Waals surface area contributed by atoms with Crippen LogP contribution in [0.1, 0.15) is 23.2 Å². The Hall–Kier alpha value is -2.15. The molecule has 0 aliphatic carbocycles. The van der Waals surface area contributed by atoms with Crippen LogP contribution < -0.4 is 5.32 Å². The molecule has 0 bridgehead atoms. The Labute approximate surface area is 116 Å². The fourth-order valence-corrected chi connectivity index (χ4v) is 2.41. The first kappa shape index (κ1) is 14.3. The second-order valence-electron chi connectivity index (χ2n) is 4.74. The highest BCUT2D eigenvalue weighted by atomic mass is 16.6. The number of nitro benzene ring substituents is 1. The molecule has 1 fully saturated rings.